The van der Waals surface area contributed by atoms with E-state index in [9.17, 15) is 9.59 Å². The topological polar surface area (TPSA) is 49.4 Å². The lowest BCUT2D eigenvalue weighted by Gasteiger charge is -2.30. The summed E-state index contributed by atoms with van der Waals surface area (Å²) in [7, 11) is 0. The molecule has 0 aromatic heterocycles. The van der Waals surface area contributed by atoms with E-state index in [1.54, 1.807) is 4.90 Å². The number of amides is 3. The Bertz CT molecular complexity index is 240. The predicted octanol–water partition coefficient (Wildman–Crippen LogP) is 1.12. The molecule has 1 aliphatic rings. The normalized spacial score (nSPS) is 28.1. The number of carbonyl (C=O) groups excluding carboxylic acids is 2. The smallest absolute Gasteiger partial charge is 0.310 e. The first-order chi connectivity index (χ1) is 6.06. The Morgan fingerprint density at radius 3 is 2.46 bits per heavy atom. The zero-order chi connectivity index (χ0) is 10.1. The standard InChI is InChI=1S/C9H16N2O2/c1-4-6-11-8(13)10-7(12)9(11,3)5-2/h4-6H2,1-3H3,(H,10,12,13). The predicted molar refractivity (Wildman–Crippen MR) is 49.2 cm³/mol. The van der Waals surface area contributed by atoms with Gasteiger partial charge in [0.25, 0.3) is 5.91 Å². The van der Waals surface area contributed by atoms with Crippen LogP contribution in [0.3, 0.4) is 0 Å². The van der Waals surface area contributed by atoms with Crippen LogP contribution in [0.4, 0.5) is 4.79 Å². The third-order valence-electron chi connectivity index (χ3n) is 2.69. The summed E-state index contributed by atoms with van der Waals surface area (Å²) in [5, 5.41) is 2.34. The first-order valence-electron chi connectivity index (χ1n) is 4.69. The zero-order valence-corrected chi connectivity index (χ0v) is 8.39. The lowest BCUT2D eigenvalue weighted by atomic mass is 9.97. The minimum atomic E-state index is -0.632. The quantitative estimate of drug-likeness (QED) is 0.668. The fraction of sp³-hybridized carbons (Fsp3) is 0.778. The van der Waals surface area contributed by atoms with Gasteiger partial charge in [-0.2, -0.15) is 0 Å². The number of hydrogen-bond donors (Lipinski definition) is 1. The van der Waals surface area contributed by atoms with E-state index in [1.807, 2.05) is 20.8 Å². The molecule has 3 amide bonds. The van der Waals surface area contributed by atoms with Crippen LogP contribution in [-0.4, -0.2) is 28.9 Å². The van der Waals surface area contributed by atoms with E-state index in [4.69, 9.17) is 0 Å². The average molecular weight is 184 g/mol. The zero-order valence-electron chi connectivity index (χ0n) is 8.39. The molecule has 0 radical (unpaired) electrons. The van der Waals surface area contributed by atoms with Crippen LogP contribution in [0.15, 0.2) is 0 Å². The number of urea groups is 1. The molecule has 4 nitrogen and oxygen atoms in total. The van der Waals surface area contributed by atoms with Crippen LogP contribution in [0.25, 0.3) is 0 Å². The van der Waals surface area contributed by atoms with E-state index in [2.05, 4.69) is 5.32 Å². The number of imide groups is 1. The van der Waals surface area contributed by atoms with Gasteiger partial charge in [-0.25, -0.2) is 4.79 Å². The highest BCUT2D eigenvalue weighted by Gasteiger charge is 2.47. The average Bonchev–Trinajstić information content (AvgIpc) is 2.31. The van der Waals surface area contributed by atoms with E-state index < -0.39 is 5.54 Å². The number of rotatable bonds is 3. The third kappa shape index (κ3) is 1.41. The molecular formula is C9H16N2O2. The van der Waals surface area contributed by atoms with Crippen LogP contribution >= 0.6 is 0 Å². The van der Waals surface area contributed by atoms with Crippen molar-refractivity contribution in [1.29, 1.82) is 0 Å². The Labute approximate surface area is 78.3 Å². The molecule has 1 aliphatic heterocycles. The van der Waals surface area contributed by atoms with Gasteiger partial charge >= 0.3 is 6.03 Å². The maximum atomic E-state index is 11.4. The molecule has 0 aliphatic carbocycles. The molecule has 1 fully saturated rings. The second-order valence-electron chi connectivity index (χ2n) is 3.54. The fourth-order valence-corrected chi connectivity index (χ4v) is 1.57. The van der Waals surface area contributed by atoms with Gasteiger partial charge in [-0.05, 0) is 19.8 Å². The molecule has 0 spiro atoms. The summed E-state index contributed by atoms with van der Waals surface area (Å²) in [5.41, 5.74) is -0.632. The number of hydrogen-bond acceptors (Lipinski definition) is 2. The summed E-state index contributed by atoms with van der Waals surface area (Å²) in [6.45, 7) is 6.36. The summed E-state index contributed by atoms with van der Waals surface area (Å²) >= 11 is 0. The number of nitrogens with zero attached hydrogens (tertiary/aromatic N) is 1. The maximum Gasteiger partial charge on any atom is 0.325 e. The molecule has 13 heavy (non-hydrogen) atoms. The molecule has 1 atom stereocenters. The lowest BCUT2D eigenvalue weighted by Crippen LogP contribution is -2.46. The van der Waals surface area contributed by atoms with Crippen LogP contribution < -0.4 is 5.32 Å². The highest BCUT2D eigenvalue weighted by molar-refractivity contribution is 6.06. The van der Waals surface area contributed by atoms with Crippen LogP contribution in [0, 0.1) is 0 Å². The lowest BCUT2D eigenvalue weighted by molar-refractivity contribution is -0.126. The number of nitrogens with one attached hydrogen (secondary N) is 1. The summed E-state index contributed by atoms with van der Waals surface area (Å²) < 4.78 is 0. The van der Waals surface area contributed by atoms with E-state index in [0.717, 1.165) is 6.42 Å². The summed E-state index contributed by atoms with van der Waals surface area (Å²) in [6, 6.07) is -0.254. The second-order valence-corrected chi connectivity index (χ2v) is 3.54. The molecule has 1 N–H and O–H groups in total. The van der Waals surface area contributed by atoms with E-state index in [-0.39, 0.29) is 11.9 Å². The Morgan fingerprint density at radius 2 is 2.00 bits per heavy atom. The molecule has 1 rings (SSSR count). The van der Waals surface area contributed by atoms with Crippen molar-refractivity contribution >= 4 is 11.9 Å². The van der Waals surface area contributed by atoms with Gasteiger partial charge in [-0.15, -0.1) is 0 Å². The van der Waals surface area contributed by atoms with Crippen molar-refractivity contribution in [1.82, 2.24) is 10.2 Å². The third-order valence-corrected chi connectivity index (χ3v) is 2.69. The Balaban J connectivity index is 2.89. The van der Waals surface area contributed by atoms with Crippen LogP contribution in [0.5, 0.6) is 0 Å². The molecule has 74 valence electrons. The summed E-state index contributed by atoms with van der Waals surface area (Å²) in [6.07, 6.45) is 1.53. The number of carbonyl (C=O) groups is 2. The summed E-state index contributed by atoms with van der Waals surface area (Å²) in [5.74, 6) is -0.173. The molecule has 0 saturated carbocycles. The molecule has 1 heterocycles. The van der Waals surface area contributed by atoms with Crippen molar-refractivity contribution in [2.24, 2.45) is 0 Å². The van der Waals surface area contributed by atoms with Crippen LogP contribution in [0.2, 0.25) is 0 Å². The van der Waals surface area contributed by atoms with Gasteiger partial charge in [0, 0.05) is 6.54 Å². The van der Waals surface area contributed by atoms with Gasteiger partial charge in [-0.1, -0.05) is 13.8 Å². The highest BCUT2D eigenvalue weighted by atomic mass is 16.2. The van der Waals surface area contributed by atoms with E-state index in [0.29, 0.717) is 13.0 Å². The fourth-order valence-electron chi connectivity index (χ4n) is 1.57. The Hall–Kier alpha value is -1.06. The SMILES string of the molecule is CCCN1C(=O)NC(=O)C1(C)CC. The van der Waals surface area contributed by atoms with Crippen molar-refractivity contribution < 1.29 is 9.59 Å². The second kappa shape index (κ2) is 3.36. The first-order valence-corrected chi connectivity index (χ1v) is 4.69. The van der Waals surface area contributed by atoms with E-state index in [1.165, 1.54) is 0 Å². The molecule has 1 unspecified atom stereocenters. The van der Waals surface area contributed by atoms with Gasteiger partial charge < -0.3 is 4.90 Å². The van der Waals surface area contributed by atoms with E-state index >= 15 is 0 Å². The van der Waals surface area contributed by atoms with Gasteiger partial charge in [-0.3, -0.25) is 10.1 Å². The van der Waals surface area contributed by atoms with Crippen LogP contribution in [-0.2, 0) is 4.79 Å². The Morgan fingerprint density at radius 1 is 1.38 bits per heavy atom. The first kappa shape index (κ1) is 10.0. The molecule has 0 aromatic carbocycles. The monoisotopic (exact) mass is 184 g/mol. The molecule has 4 heteroatoms. The van der Waals surface area contributed by atoms with Gasteiger partial charge in [0.1, 0.15) is 5.54 Å². The minimum Gasteiger partial charge on any atom is -0.310 e. The molecule has 0 bridgehead atoms. The minimum absolute atomic E-state index is 0.173. The van der Waals surface area contributed by atoms with Crippen molar-refractivity contribution in [2.75, 3.05) is 6.54 Å². The van der Waals surface area contributed by atoms with Crippen molar-refractivity contribution in [2.45, 2.75) is 39.2 Å². The van der Waals surface area contributed by atoms with Crippen molar-refractivity contribution in [3.8, 4) is 0 Å². The van der Waals surface area contributed by atoms with Gasteiger partial charge in [0.15, 0.2) is 0 Å². The van der Waals surface area contributed by atoms with Crippen LogP contribution in [0.1, 0.15) is 33.6 Å². The summed E-state index contributed by atoms with van der Waals surface area (Å²) in [4.78, 5) is 24.4. The van der Waals surface area contributed by atoms with Gasteiger partial charge in [0.2, 0.25) is 0 Å². The molecular weight excluding hydrogens is 168 g/mol. The maximum absolute atomic E-state index is 11.4. The van der Waals surface area contributed by atoms with Crippen molar-refractivity contribution in [3.63, 3.8) is 0 Å². The largest absolute Gasteiger partial charge is 0.325 e. The van der Waals surface area contributed by atoms with Crippen molar-refractivity contribution in [3.05, 3.63) is 0 Å². The highest BCUT2D eigenvalue weighted by Crippen LogP contribution is 2.24. The molecule has 0 aromatic rings. The Kier molecular flexibility index (Phi) is 2.59. The molecule has 1 saturated heterocycles. The van der Waals surface area contributed by atoms with Gasteiger partial charge in [0.05, 0.1) is 0 Å².